The minimum absolute atomic E-state index is 0.402. The van der Waals surface area contributed by atoms with Crippen molar-refractivity contribution in [1.29, 1.82) is 0 Å². The Morgan fingerprint density at radius 3 is 1.86 bits per heavy atom. The van der Waals surface area contributed by atoms with E-state index in [9.17, 15) is 26.0 Å². The molecule has 2 atom stereocenters. The fourth-order valence-electron chi connectivity index (χ4n) is 0.784. The van der Waals surface area contributed by atoms with Gasteiger partial charge in [0.15, 0.2) is 0 Å². The van der Waals surface area contributed by atoms with E-state index < -0.39 is 33.6 Å². The summed E-state index contributed by atoms with van der Waals surface area (Å²) in [5.74, 6) is -1.86. The van der Waals surface area contributed by atoms with Crippen LogP contribution in [0.4, 0.5) is 17.6 Å². The number of hydrogen-bond acceptors (Lipinski definition) is 2. The molecule has 0 saturated carbocycles. The van der Waals surface area contributed by atoms with Crippen LogP contribution in [0.1, 0.15) is 20.3 Å². The van der Waals surface area contributed by atoms with Gasteiger partial charge < -0.3 is 0 Å². The topological polar surface area (TPSA) is 54.4 Å². The van der Waals surface area contributed by atoms with E-state index in [1.807, 2.05) is 0 Å². The molecule has 0 aliphatic carbocycles. The van der Waals surface area contributed by atoms with Crippen LogP contribution in [-0.4, -0.2) is 24.1 Å². The Balaban J connectivity index is 4.79. The molecule has 0 aliphatic rings. The highest BCUT2D eigenvalue weighted by Crippen LogP contribution is 2.35. The maximum Gasteiger partial charge on any atom is 0.389 e. The molecule has 14 heavy (non-hydrogen) atoms. The second-order valence-electron chi connectivity index (χ2n) is 3.18. The molecule has 0 radical (unpaired) electrons. The van der Waals surface area contributed by atoms with E-state index in [4.69, 9.17) is 4.55 Å². The van der Waals surface area contributed by atoms with E-state index in [0.29, 0.717) is 6.92 Å². The Kier molecular flexibility index (Phi) is 3.55. The van der Waals surface area contributed by atoms with Gasteiger partial charge in [0.2, 0.25) is 5.00 Å². The predicted octanol–water partition coefficient (Wildman–Crippen LogP) is 2.15. The highest BCUT2D eigenvalue weighted by Gasteiger charge is 2.47. The maximum absolute atomic E-state index is 13.2. The summed E-state index contributed by atoms with van der Waals surface area (Å²) in [7, 11) is -5.14. The van der Waals surface area contributed by atoms with Crippen molar-refractivity contribution in [3.63, 3.8) is 0 Å². The molecule has 0 aliphatic heterocycles. The van der Waals surface area contributed by atoms with Crippen LogP contribution in [-0.2, 0) is 10.1 Å². The number of halogens is 4. The average molecular weight is 238 g/mol. The van der Waals surface area contributed by atoms with E-state index in [-0.39, 0.29) is 0 Å². The van der Waals surface area contributed by atoms with Crippen molar-refractivity contribution in [2.45, 2.75) is 31.4 Å². The van der Waals surface area contributed by atoms with Gasteiger partial charge >= 0.3 is 6.18 Å². The Bertz CT molecular complexity index is 293. The third-order valence-corrected chi connectivity index (χ3v) is 3.33. The van der Waals surface area contributed by atoms with Gasteiger partial charge in [0.1, 0.15) is 0 Å². The quantitative estimate of drug-likeness (QED) is 0.605. The molecule has 0 amide bonds. The SMILES string of the molecule is CC(CC(F)(F)F)C(C)(F)S(=O)(=O)O. The Hall–Kier alpha value is -0.370. The van der Waals surface area contributed by atoms with Gasteiger partial charge in [-0.2, -0.15) is 21.6 Å². The molecule has 8 heteroatoms. The molecule has 0 rings (SSSR count). The standard InChI is InChI=1S/C6H10F4O3S/c1-4(3-6(8,9)10)5(2,7)14(11,12)13/h4H,3H2,1-2H3,(H,11,12,13). The van der Waals surface area contributed by atoms with Gasteiger partial charge in [-0.05, 0) is 6.92 Å². The molecule has 0 aromatic rings. The van der Waals surface area contributed by atoms with Crippen LogP contribution < -0.4 is 0 Å². The van der Waals surface area contributed by atoms with E-state index in [0.717, 1.165) is 6.92 Å². The molecule has 3 nitrogen and oxygen atoms in total. The minimum atomic E-state index is -5.14. The van der Waals surface area contributed by atoms with Crippen LogP contribution in [0.5, 0.6) is 0 Å². The van der Waals surface area contributed by atoms with Crippen LogP contribution >= 0.6 is 0 Å². The van der Waals surface area contributed by atoms with Gasteiger partial charge in [0, 0.05) is 5.92 Å². The molecule has 0 fully saturated rings. The third kappa shape index (κ3) is 3.41. The van der Waals surface area contributed by atoms with Gasteiger partial charge in [-0.1, -0.05) is 6.92 Å². The summed E-state index contributed by atoms with van der Waals surface area (Å²) in [6.07, 6.45) is -6.28. The summed E-state index contributed by atoms with van der Waals surface area (Å²) in [4.78, 5) is 0. The van der Waals surface area contributed by atoms with Crippen molar-refractivity contribution in [3.05, 3.63) is 0 Å². The summed E-state index contributed by atoms with van der Waals surface area (Å²) >= 11 is 0. The second kappa shape index (κ2) is 3.65. The van der Waals surface area contributed by atoms with Gasteiger partial charge in [-0.15, -0.1) is 0 Å². The largest absolute Gasteiger partial charge is 0.389 e. The maximum atomic E-state index is 13.2. The summed E-state index contributed by atoms with van der Waals surface area (Å²) in [6.45, 7) is 1.17. The van der Waals surface area contributed by atoms with E-state index >= 15 is 0 Å². The summed E-state index contributed by atoms with van der Waals surface area (Å²) in [5.41, 5.74) is 0. The van der Waals surface area contributed by atoms with E-state index in [1.54, 1.807) is 0 Å². The van der Waals surface area contributed by atoms with Gasteiger partial charge in [0.25, 0.3) is 10.1 Å². The second-order valence-corrected chi connectivity index (χ2v) is 4.93. The van der Waals surface area contributed by atoms with E-state index in [2.05, 4.69) is 0 Å². The summed E-state index contributed by atoms with van der Waals surface area (Å²) < 4.78 is 77.7. The summed E-state index contributed by atoms with van der Waals surface area (Å²) in [6, 6.07) is 0. The molecular formula is C6H10F4O3S. The molecule has 0 aromatic carbocycles. The lowest BCUT2D eigenvalue weighted by Gasteiger charge is -2.25. The molecule has 86 valence electrons. The molecule has 0 spiro atoms. The van der Waals surface area contributed by atoms with Gasteiger partial charge in [-0.25, -0.2) is 4.39 Å². The van der Waals surface area contributed by atoms with Crippen LogP contribution in [0.25, 0.3) is 0 Å². The Labute approximate surface area is 78.9 Å². The van der Waals surface area contributed by atoms with Crippen molar-refractivity contribution in [1.82, 2.24) is 0 Å². The lowest BCUT2D eigenvalue weighted by atomic mass is 10.0. The van der Waals surface area contributed by atoms with Crippen molar-refractivity contribution in [2.24, 2.45) is 5.92 Å². The zero-order chi connectivity index (χ0) is 11.8. The molecule has 0 bridgehead atoms. The van der Waals surface area contributed by atoms with E-state index in [1.165, 1.54) is 0 Å². The average Bonchev–Trinajstić information content (AvgIpc) is 1.80. The predicted molar refractivity (Wildman–Crippen MR) is 40.9 cm³/mol. The number of hydrogen-bond donors (Lipinski definition) is 1. The number of rotatable bonds is 3. The van der Waals surface area contributed by atoms with Gasteiger partial charge in [0.05, 0.1) is 6.42 Å². The first kappa shape index (κ1) is 13.6. The zero-order valence-electron chi connectivity index (χ0n) is 7.47. The molecule has 0 aromatic heterocycles. The van der Waals surface area contributed by atoms with Crippen LogP contribution in [0.15, 0.2) is 0 Å². The smallest absolute Gasteiger partial charge is 0.283 e. The first-order valence-corrected chi connectivity index (χ1v) is 5.04. The first-order chi connectivity index (χ1) is 5.88. The number of alkyl halides is 4. The van der Waals surface area contributed by atoms with Crippen LogP contribution in [0.2, 0.25) is 0 Å². The van der Waals surface area contributed by atoms with Crippen molar-refractivity contribution >= 4 is 10.1 Å². The monoisotopic (exact) mass is 238 g/mol. The fourth-order valence-corrected chi connectivity index (χ4v) is 1.38. The normalized spacial score (nSPS) is 20.2. The minimum Gasteiger partial charge on any atom is -0.283 e. The van der Waals surface area contributed by atoms with Crippen LogP contribution in [0, 0.1) is 5.92 Å². The Morgan fingerprint density at radius 2 is 1.64 bits per heavy atom. The van der Waals surface area contributed by atoms with Gasteiger partial charge in [-0.3, -0.25) is 4.55 Å². The lowest BCUT2D eigenvalue weighted by molar-refractivity contribution is -0.149. The van der Waals surface area contributed by atoms with Crippen molar-refractivity contribution < 1.29 is 30.5 Å². The highest BCUT2D eigenvalue weighted by atomic mass is 32.2. The molecule has 2 unspecified atom stereocenters. The Morgan fingerprint density at radius 1 is 1.29 bits per heavy atom. The van der Waals surface area contributed by atoms with Crippen molar-refractivity contribution in [2.75, 3.05) is 0 Å². The van der Waals surface area contributed by atoms with Crippen molar-refractivity contribution in [3.8, 4) is 0 Å². The third-order valence-electron chi connectivity index (χ3n) is 1.92. The molecule has 0 saturated heterocycles. The lowest BCUT2D eigenvalue weighted by Crippen LogP contribution is -2.38. The molecular weight excluding hydrogens is 228 g/mol. The zero-order valence-corrected chi connectivity index (χ0v) is 8.28. The van der Waals surface area contributed by atoms with Crippen LogP contribution in [0.3, 0.4) is 0 Å². The molecule has 1 N–H and O–H groups in total. The fraction of sp³-hybridized carbons (Fsp3) is 1.00. The first-order valence-electron chi connectivity index (χ1n) is 3.60. The molecule has 0 heterocycles. The summed E-state index contributed by atoms with van der Waals surface area (Å²) in [5, 5.41) is -3.29. The highest BCUT2D eigenvalue weighted by molar-refractivity contribution is 7.87.